The van der Waals surface area contributed by atoms with Gasteiger partial charge in [-0.15, -0.1) is 0 Å². The molecule has 20 heavy (non-hydrogen) atoms. The lowest BCUT2D eigenvalue weighted by atomic mass is 9.91. The van der Waals surface area contributed by atoms with E-state index in [0.717, 1.165) is 6.07 Å². The van der Waals surface area contributed by atoms with Gasteiger partial charge < -0.3 is 0 Å². The molecule has 1 atom stereocenters. The Hall–Kier alpha value is -2.18. The zero-order chi connectivity index (χ0) is 14.7. The second-order valence-electron chi connectivity index (χ2n) is 4.47. The van der Waals surface area contributed by atoms with E-state index in [1.165, 1.54) is 6.07 Å². The number of halogens is 2. The Balaban J connectivity index is 2.45. The molecule has 1 unspecified atom stereocenters. The van der Waals surface area contributed by atoms with Crippen LogP contribution in [0.4, 0.5) is 4.39 Å². The molecule has 0 aromatic heterocycles. The van der Waals surface area contributed by atoms with Crippen LogP contribution in [0, 0.1) is 24.1 Å². The average Bonchev–Trinajstić information content (AvgIpc) is 2.40. The molecule has 0 heterocycles. The molecule has 0 aliphatic heterocycles. The molecule has 0 fully saturated rings. The van der Waals surface area contributed by atoms with Crippen molar-refractivity contribution in [3.63, 3.8) is 0 Å². The summed E-state index contributed by atoms with van der Waals surface area (Å²) in [5.41, 5.74) is 1.24. The molecule has 0 saturated heterocycles. The van der Waals surface area contributed by atoms with Gasteiger partial charge in [0.25, 0.3) is 0 Å². The number of benzene rings is 2. The number of hydrogen-bond donors (Lipinski definition) is 0. The van der Waals surface area contributed by atoms with Crippen LogP contribution in [0.1, 0.15) is 27.4 Å². The third-order valence-corrected chi connectivity index (χ3v) is 3.28. The number of nitriles is 1. The molecule has 2 aromatic rings. The number of Topliss-reactive ketones (excluding diaryl/α,β-unsaturated/α-hetero) is 1. The fourth-order valence-corrected chi connectivity index (χ4v) is 2.27. The number of carbonyl (C=O) groups is 1. The Morgan fingerprint density at radius 3 is 2.60 bits per heavy atom. The first-order chi connectivity index (χ1) is 9.52. The predicted molar refractivity (Wildman–Crippen MR) is 75.3 cm³/mol. The number of hydrogen-bond acceptors (Lipinski definition) is 2. The molecule has 2 rings (SSSR count). The van der Waals surface area contributed by atoms with Crippen LogP contribution in [0.25, 0.3) is 0 Å². The molecule has 0 bridgehead atoms. The molecule has 2 aromatic carbocycles. The molecule has 4 heteroatoms. The summed E-state index contributed by atoms with van der Waals surface area (Å²) >= 11 is 6.01. The monoisotopic (exact) mass is 287 g/mol. The smallest absolute Gasteiger partial charge is 0.184 e. The van der Waals surface area contributed by atoms with E-state index in [1.807, 2.05) is 6.07 Å². The Labute approximate surface area is 121 Å². The molecular formula is C16H11ClFNO. The second kappa shape index (κ2) is 5.85. The topological polar surface area (TPSA) is 40.9 Å². The van der Waals surface area contributed by atoms with Crippen LogP contribution in [0.2, 0.25) is 5.02 Å². The summed E-state index contributed by atoms with van der Waals surface area (Å²) in [5, 5.41) is 9.60. The van der Waals surface area contributed by atoms with Gasteiger partial charge in [-0.3, -0.25) is 4.79 Å². The van der Waals surface area contributed by atoms with Crippen LogP contribution < -0.4 is 0 Å². The number of rotatable bonds is 3. The predicted octanol–water partition coefficient (Wildman–Crippen LogP) is 4.28. The van der Waals surface area contributed by atoms with Crippen molar-refractivity contribution in [3.8, 4) is 6.07 Å². The van der Waals surface area contributed by atoms with Crippen molar-refractivity contribution in [2.75, 3.05) is 0 Å². The first kappa shape index (κ1) is 14.2. The summed E-state index contributed by atoms with van der Waals surface area (Å²) in [7, 11) is 0. The molecule has 100 valence electrons. The van der Waals surface area contributed by atoms with Crippen molar-refractivity contribution in [1.82, 2.24) is 0 Å². The Morgan fingerprint density at radius 1 is 1.30 bits per heavy atom. The Kier molecular flexibility index (Phi) is 4.16. The van der Waals surface area contributed by atoms with Gasteiger partial charge in [-0.05, 0) is 42.3 Å². The number of aryl methyl sites for hydroxylation is 1. The van der Waals surface area contributed by atoms with Crippen molar-refractivity contribution in [2.45, 2.75) is 12.8 Å². The van der Waals surface area contributed by atoms with E-state index in [-0.39, 0.29) is 5.56 Å². The highest BCUT2D eigenvalue weighted by atomic mass is 35.5. The summed E-state index contributed by atoms with van der Waals surface area (Å²) in [5.74, 6) is -1.99. The molecular weight excluding hydrogens is 277 g/mol. The summed E-state index contributed by atoms with van der Waals surface area (Å²) in [4.78, 5) is 12.4. The molecule has 0 spiro atoms. The van der Waals surface area contributed by atoms with Crippen LogP contribution in [0.3, 0.4) is 0 Å². The lowest BCUT2D eigenvalue weighted by Gasteiger charge is -2.11. The Bertz CT molecular complexity index is 686. The molecule has 0 saturated carbocycles. The van der Waals surface area contributed by atoms with E-state index in [0.29, 0.717) is 16.1 Å². The largest absolute Gasteiger partial charge is 0.292 e. The van der Waals surface area contributed by atoms with Gasteiger partial charge in [0.2, 0.25) is 0 Å². The van der Waals surface area contributed by atoms with Crippen molar-refractivity contribution in [2.24, 2.45) is 0 Å². The molecule has 0 aliphatic carbocycles. The van der Waals surface area contributed by atoms with Gasteiger partial charge >= 0.3 is 0 Å². The SMILES string of the molecule is Cc1cc(F)cc(C(=O)C(C#N)c2ccccc2Cl)c1. The third-order valence-electron chi connectivity index (χ3n) is 2.93. The maximum absolute atomic E-state index is 13.4. The zero-order valence-electron chi connectivity index (χ0n) is 10.7. The van der Waals surface area contributed by atoms with E-state index >= 15 is 0 Å². The van der Waals surface area contributed by atoms with E-state index in [4.69, 9.17) is 11.6 Å². The van der Waals surface area contributed by atoms with E-state index in [2.05, 4.69) is 0 Å². The van der Waals surface area contributed by atoms with Crippen LogP contribution in [-0.2, 0) is 0 Å². The summed E-state index contributed by atoms with van der Waals surface area (Å²) < 4.78 is 13.4. The van der Waals surface area contributed by atoms with Gasteiger partial charge in [-0.1, -0.05) is 29.8 Å². The van der Waals surface area contributed by atoms with Crippen LogP contribution in [0.5, 0.6) is 0 Å². The van der Waals surface area contributed by atoms with E-state index < -0.39 is 17.5 Å². The van der Waals surface area contributed by atoms with Gasteiger partial charge in [0.15, 0.2) is 5.78 Å². The minimum atomic E-state index is -1.04. The minimum Gasteiger partial charge on any atom is -0.292 e. The highest BCUT2D eigenvalue weighted by Crippen LogP contribution is 2.27. The summed E-state index contributed by atoms with van der Waals surface area (Å²) in [6, 6.07) is 12.6. The lowest BCUT2D eigenvalue weighted by Crippen LogP contribution is -2.12. The second-order valence-corrected chi connectivity index (χ2v) is 4.87. The number of nitrogens with zero attached hydrogens (tertiary/aromatic N) is 1. The maximum atomic E-state index is 13.4. The first-order valence-electron chi connectivity index (χ1n) is 5.98. The molecule has 0 radical (unpaired) electrons. The van der Waals surface area contributed by atoms with Crippen molar-refractivity contribution in [1.29, 1.82) is 5.26 Å². The fraction of sp³-hybridized carbons (Fsp3) is 0.125. The highest BCUT2D eigenvalue weighted by molar-refractivity contribution is 6.31. The Morgan fingerprint density at radius 2 is 2.00 bits per heavy atom. The fourth-order valence-electron chi connectivity index (χ4n) is 2.02. The average molecular weight is 288 g/mol. The van der Waals surface area contributed by atoms with Gasteiger partial charge in [0.05, 0.1) is 6.07 Å². The molecule has 0 N–H and O–H groups in total. The van der Waals surface area contributed by atoms with E-state index in [1.54, 1.807) is 37.3 Å². The van der Waals surface area contributed by atoms with Gasteiger partial charge in [-0.2, -0.15) is 5.26 Å². The van der Waals surface area contributed by atoms with Crippen molar-refractivity contribution < 1.29 is 9.18 Å². The molecule has 2 nitrogen and oxygen atoms in total. The standard InChI is InChI=1S/C16H11ClFNO/c1-10-6-11(8-12(18)7-10)16(20)14(9-19)13-4-2-3-5-15(13)17/h2-8,14H,1H3. The maximum Gasteiger partial charge on any atom is 0.184 e. The molecule has 0 amide bonds. The van der Waals surface area contributed by atoms with E-state index in [9.17, 15) is 14.4 Å². The lowest BCUT2D eigenvalue weighted by molar-refractivity contribution is 0.0978. The van der Waals surface area contributed by atoms with Crippen molar-refractivity contribution >= 4 is 17.4 Å². The van der Waals surface area contributed by atoms with Gasteiger partial charge in [-0.25, -0.2) is 4.39 Å². The number of ketones is 1. The van der Waals surface area contributed by atoms with Crippen molar-refractivity contribution in [3.05, 3.63) is 70.0 Å². The minimum absolute atomic E-state index is 0.175. The van der Waals surface area contributed by atoms with Gasteiger partial charge in [0.1, 0.15) is 11.7 Å². The van der Waals surface area contributed by atoms with Crippen LogP contribution in [-0.4, -0.2) is 5.78 Å². The van der Waals surface area contributed by atoms with Crippen LogP contribution >= 0.6 is 11.6 Å². The summed E-state index contributed by atoms with van der Waals surface area (Å²) in [6.45, 7) is 1.69. The first-order valence-corrected chi connectivity index (χ1v) is 6.36. The highest BCUT2D eigenvalue weighted by Gasteiger charge is 2.24. The summed E-state index contributed by atoms with van der Waals surface area (Å²) in [6.07, 6.45) is 0. The quantitative estimate of drug-likeness (QED) is 0.791. The number of carbonyl (C=O) groups excluding carboxylic acids is 1. The zero-order valence-corrected chi connectivity index (χ0v) is 11.5. The van der Waals surface area contributed by atoms with Crippen LogP contribution in [0.15, 0.2) is 42.5 Å². The normalized spacial score (nSPS) is 11.7. The van der Waals surface area contributed by atoms with Gasteiger partial charge in [0, 0.05) is 10.6 Å². The third kappa shape index (κ3) is 2.87. The molecule has 0 aliphatic rings.